The molecule has 0 aromatic heterocycles. The number of rotatable bonds is 6. The van der Waals surface area contributed by atoms with Gasteiger partial charge in [-0.3, -0.25) is 9.00 Å². The Kier molecular flexibility index (Phi) is 6.14. The second-order valence-corrected chi connectivity index (χ2v) is 6.73. The number of alkyl halides is 3. The smallest absolute Gasteiger partial charge is 0.326 e. The van der Waals surface area contributed by atoms with Gasteiger partial charge in [-0.25, -0.2) is 0 Å². The number of benzene rings is 2. The maximum atomic E-state index is 12.6. The van der Waals surface area contributed by atoms with E-state index in [-0.39, 0.29) is 23.8 Å². The zero-order chi connectivity index (χ0) is 17.6. The van der Waals surface area contributed by atoms with Crippen molar-refractivity contribution in [3.05, 3.63) is 65.7 Å². The summed E-state index contributed by atoms with van der Waals surface area (Å²) in [4.78, 5) is 11.8. The van der Waals surface area contributed by atoms with Gasteiger partial charge in [0, 0.05) is 34.4 Å². The minimum absolute atomic E-state index is 0.0114. The van der Waals surface area contributed by atoms with Crippen LogP contribution in [0, 0.1) is 0 Å². The third kappa shape index (κ3) is 5.81. The van der Waals surface area contributed by atoms with E-state index in [1.165, 1.54) is 12.1 Å². The predicted octanol–water partition coefficient (Wildman–Crippen LogP) is 3.98. The number of halogens is 3. The van der Waals surface area contributed by atoms with Gasteiger partial charge in [0.1, 0.15) is 0 Å². The zero-order valence-corrected chi connectivity index (χ0v) is 13.5. The third-order valence-electron chi connectivity index (χ3n) is 3.20. The van der Waals surface area contributed by atoms with E-state index in [1.807, 2.05) is 6.07 Å². The Labute approximate surface area is 140 Å². The molecule has 128 valence electrons. The Balaban J connectivity index is 1.84. The van der Waals surface area contributed by atoms with Crippen LogP contribution in [0.15, 0.2) is 54.6 Å². The average Bonchev–Trinajstić information content (AvgIpc) is 2.53. The maximum Gasteiger partial charge on any atom is 0.416 e. The molecule has 0 aliphatic carbocycles. The first-order valence-electron chi connectivity index (χ1n) is 7.20. The molecule has 0 saturated carbocycles. The summed E-state index contributed by atoms with van der Waals surface area (Å²) in [5.41, 5.74) is 0.219. The van der Waals surface area contributed by atoms with Crippen LogP contribution >= 0.6 is 0 Å². The number of nitrogens with one attached hydrogen (secondary N) is 1. The van der Waals surface area contributed by atoms with E-state index in [0.717, 1.165) is 12.1 Å². The van der Waals surface area contributed by atoms with Crippen molar-refractivity contribution in [2.75, 3.05) is 11.1 Å². The van der Waals surface area contributed by atoms with Gasteiger partial charge in [0.25, 0.3) is 0 Å². The van der Waals surface area contributed by atoms with Crippen LogP contribution < -0.4 is 5.32 Å². The largest absolute Gasteiger partial charge is 0.416 e. The molecule has 2 rings (SSSR count). The molecule has 0 saturated heterocycles. The summed E-state index contributed by atoms with van der Waals surface area (Å²) in [6.07, 6.45) is -4.38. The van der Waals surface area contributed by atoms with E-state index in [2.05, 4.69) is 5.32 Å². The fraction of sp³-hybridized carbons (Fsp3) is 0.235. The van der Waals surface area contributed by atoms with E-state index < -0.39 is 22.5 Å². The van der Waals surface area contributed by atoms with Crippen molar-refractivity contribution in [3.63, 3.8) is 0 Å². The molecule has 2 aromatic carbocycles. The van der Waals surface area contributed by atoms with Gasteiger partial charge in [0.2, 0.25) is 5.91 Å². The summed E-state index contributed by atoms with van der Waals surface area (Å²) < 4.78 is 49.9. The fourth-order valence-electron chi connectivity index (χ4n) is 2.05. The van der Waals surface area contributed by atoms with Crippen LogP contribution in [-0.4, -0.2) is 15.9 Å². The fourth-order valence-corrected chi connectivity index (χ4v) is 3.16. The van der Waals surface area contributed by atoms with Crippen LogP contribution in [0.25, 0.3) is 0 Å². The highest BCUT2D eigenvalue weighted by molar-refractivity contribution is 7.84. The Morgan fingerprint density at radius 2 is 1.75 bits per heavy atom. The summed E-state index contributed by atoms with van der Waals surface area (Å²) in [6.45, 7) is 0. The van der Waals surface area contributed by atoms with Crippen molar-refractivity contribution in [2.24, 2.45) is 0 Å². The van der Waals surface area contributed by atoms with Crippen LogP contribution in [0.5, 0.6) is 0 Å². The molecule has 0 radical (unpaired) electrons. The molecule has 0 spiro atoms. The molecule has 1 atom stereocenters. The van der Waals surface area contributed by atoms with E-state index >= 15 is 0 Å². The van der Waals surface area contributed by atoms with Gasteiger partial charge in [-0.1, -0.05) is 36.4 Å². The van der Waals surface area contributed by atoms with Crippen LogP contribution in [0.1, 0.15) is 17.5 Å². The van der Waals surface area contributed by atoms with Gasteiger partial charge in [-0.05, 0) is 23.8 Å². The van der Waals surface area contributed by atoms with Crippen LogP contribution in [0.3, 0.4) is 0 Å². The van der Waals surface area contributed by atoms with E-state index in [0.29, 0.717) is 11.3 Å². The minimum atomic E-state index is -4.42. The van der Waals surface area contributed by atoms with Crippen molar-refractivity contribution in [3.8, 4) is 0 Å². The van der Waals surface area contributed by atoms with Crippen LogP contribution in [0.2, 0.25) is 0 Å². The molecule has 0 fully saturated rings. The lowest BCUT2D eigenvalue weighted by Crippen LogP contribution is -2.15. The first-order chi connectivity index (χ1) is 11.3. The van der Waals surface area contributed by atoms with Crippen molar-refractivity contribution >= 4 is 22.4 Å². The molecule has 0 bridgehead atoms. The highest BCUT2D eigenvalue weighted by atomic mass is 32.2. The predicted molar refractivity (Wildman–Crippen MR) is 87.8 cm³/mol. The maximum absolute atomic E-state index is 12.6. The number of hydrogen-bond donors (Lipinski definition) is 1. The van der Waals surface area contributed by atoms with Crippen molar-refractivity contribution < 1.29 is 22.2 Å². The summed E-state index contributed by atoms with van der Waals surface area (Å²) in [5.74, 6) is -0.198. The normalized spacial score (nSPS) is 12.6. The number of carbonyl (C=O) groups excluding carboxylic acids is 1. The summed E-state index contributed by atoms with van der Waals surface area (Å²) in [7, 11) is -1.41. The van der Waals surface area contributed by atoms with Gasteiger partial charge in [-0.2, -0.15) is 13.2 Å². The van der Waals surface area contributed by atoms with Crippen molar-refractivity contribution in [2.45, 2.75) is 18.3 Å². The highest BCUT2D eigenvalue weighted by Gasteiger charge is 2.30. The molecule has 0 aliphatic rings. The average molecular weight is 355 g/mol. The lowest BCUT2D eigenvalue weighted by molar-refractivity contribution is -0.137. The Morgan fingerprint density at radius 3 is 2.42 bits per heavy atom. The summed E-state index contributed by atoms with van der Waals surface area (Å²) >= 11 is 0. The Hall–Kier alpha value is -2.15. The Bertz CT molecular complexity index is 717. The standard InChI is InChI=1S/C17H16F3NO2S/c18-17(19,20)14-6-4-5-13(11-14)12-24(23)10-9-16(22)21-15-7-2-1-3-8-15/h1-8,11H,9-10,12H2,(H,21,22). The lowest BCUT2D eigenvalue weighted by Gasteiger charge is -2.09. The van der Waals surface area contributed by atoms with Gasteiger partial charge in [0.15, 0.2) is 0 Å². The number of amides is 1. The second kappa shape index (κ2) is 8.10. The molecule has 1 N–H and O–H groups in total. The number of para-hydroxylation sites is 1. The first-order valence-corrected chi connectivity index (χ1v) is 8.69. The molecule has 0 aliphatic heterocycles. The Morgan fingerprint density at radius 1 is 1.04 bits per heavy atom. The molecular weight excluding hydrogens is 339 g/mol. The topological polar surface area (TPSA) is 46.2 Å². The van der Waals surface area contributed by atoms with Crippen LogP contribution in [-0.2, 0) is 27.5 Å². The van der Waals surface area contributed by atoms with Gasteiger partial charge < -0.3 is 5.32 Å². The zero-order valence-electron chi connectivity index (χ0n) is 12.7. The number of carbonyl (C=O) groups is 1. The monoisotopic (exact) mass is 355 g/mol. The molecule has 7 heteroatoms. The highest BCUT2D eigenvalue weighted by Crippen LogP contribution is 2.29. The molecule has 1 amide bonds. The molecule has 0 heterocycles. The summed E-state index contributed by atoms with van der Waals surface area (Å²) in [6, 6.07) is 13.6. The van der Waals surface area contributed by atoms with Crippen LogP contribution in [0.4, 0.5) is 18.9 Å². The lowest BCUT2D eigenvalue weighted by atomic mass is 10.1. The molecule has 24 heavy (non-hydrogen) atoms. The van der Waals surface area contributed by atoms with E-state index in [4.69, 9.17) is 0 Å². The SMILES string of the molecule is O=C(CCS(=O)Cc1cccc(C(F)(F)F)c1)Nc1ccccc1. The number of anilines is 1. The first kappa shape index (κ1) is 18.2. The molecular formula is C17H16F3NO2S. The van der Waals surface area contributed by atoms with Crippen molar-refractivity contribution in [1.82, 2.24) is 0 Å². The molecule has 1 unspecified atom stereocenters. The molecule has 3 nitrogen and oxygen atoms in total. The third-order valence-corrected chi connectivity index (χ3v) is 4.51. The van der Waals surface area contributed by atoms with E-state index in [9.17, 15) is 22.2 Å². The minimum Gasteiger partial charge on any atom is -0.326 e. The van der Waals surface area contributed by atoms with Gasteiger partial charge >= 0.3 is 6.18 Å². The molecule has 2 aromatic rings. The number of hydrogen-bond acceptors (Lipinski definition) is 2. The van der Waals surface area contributed by atoms with Gasteiger partial charge in [0.05, 0.1) is 5.56 Å². The quantitative estimate of drug-likeness (QED) is 0.852. The van der Waals surface area contributed by atoms with Crippen molar-refractivity contribution in [1.29, 1.82) is 0 Å². The second-order valence-electron chi connectivity index (χ2n) is 5.15. The summed E-state index contributed by atoms with van der Waals surface area (Å²) in [5, 5.41) is 2.67. The van der Waals surface area contributed by atoms with Gasteiger partial charge in [-0.15, -0.1) is 0 Å². The van der Waals surface area contributed by atoms with E-state index in [1.54, 1.807) is 24.3 Å².